The van der Waals surface area contributed by atoms with E-state index < -0.39 is 0 Å². The average molecular weight is 278 g/mol. The molecule has 2 heteroatoms. The van der Waals surface area contributed by atoms with E-state index in [1.54, 1.807) is 0 Å². The zero-order valence-electron chi connectivity index (χ0n) is 14.0. The van der Waals surface area contributed by atoms with E-state index in [0.29, 0.717) is 5.41 Å². The van der Waals surface area contributed by atoms with Gasteiger partial charge in [0, 0.05) is 24.2 Å². The Morgan fingerprint density at radius 2 is 1.65 bits per heavy atom. The summed E-state index contributed by atoms with van der Waals surface area (Å²) in [5.74, 6) is 0.899. The lowest BCUT2D eigenvalue weighted by molar-refractivity contribution is 0.0268. The van der Waals surface area contributed by atoms with Crippen molar-refractivity contribution >= 4 is 0 Å². The van der Waals surface area contributed by atoms with E-state index in [9.17, 15) is 0 Å². The number of nitrogens with zero attached hydrogens (tertiary/aromatic N) is 1. The highest BCUT2D eigenvalue weighted by Crippen LogP contribution is 2.42. The van der Waals surface area contributed by atoms with Gasteiger partial charge in [-0.1, -0.05) is 27.7 Å². The van der Waals surface area contributed by atoms with Crippen LogP contribution >= 0.6 is 0 Å². The smallest absolute Gasteiger partial charge is 0.0128 e. The minimum absolute atomic E-state index is 0.543. The largest absolute Gasteiger partial charge is 0.311 e. The van der Waals surface area contributed by atoms with Crippen molar-refractivity contribution < 1.29 is 0 Å². The normalized spacial score (nSPS) is 44.0. The van der Waals surface area contributed by atoms with Crippen LogP contribution in [0.2, 0.25) is 0 Å². The molecular weight excluding hydrogens is 244 g/mol. The molecule has 3 rings (SSSR count). The van der Waals surface area contributed by atoms with Gasteiger partial charge in [-0.25, -0.2) is 0 Å². The van der Waals surface area contributed by atoms with Gasteiger partial charge in [0.25, 0.3) is 0 Å². The molecule has 4 unspecified atom stereocenters. The van der Waals surface area contributed by atoms with Crippen molar-refractivity contribution in [3.05, 3.63) is 0 Å². The van der Waals surface area contributed by atoms with Crippen LogP contribution < -0.4 is 5.32 Å². The number of nitrogens with one attached hydrogen (secondary N) is 1. The quantitative estimate of drug-likeness (QED) is 0.844. The molecule has 4 atom stereocenters. The fraction of sp³-hybridized carbons (Fsp3) is 1.00. The number of hydrogen-bond acceptors (Lipinski definition) is 2. The Morgan fingerprint density at radius 3 is 2.20 bits per heavy atom. The summed E-state index contributed by atoms with van der Waals surface area (Å²) in [5, 5.41) is 3.80. The van der Waals surface area contributed by atoms with Crippen molar-refractivity contribution in [2.45, 2.75) is 96.8 Å². The van der Waals surface area contributed by atoms with E-state index in [1.807, 2.05) is 0 Å². The van der Waals surface area contributed by atoms with Crippen molar-refractivity contribution in [2.24, 2.45) is 11.3 Å². The minimum Gasteiger partial charge on any atom is -0.311 e. The number of fused-ring (bicyclic) bond motifs is 2. The van der Waals surface area contributed by atoms with Crippen LogP contribution in [0.3, 0.4) is 0 Å². The van der Waals surface area contributed by atoms with Gasteiger partial charge >= 0.3 is 0 Å². The predicted octanol–water partition coefficient (Wildman–Crippen LogP) is 3.81. The van der Waals surface area contributed by atoms with Crippen LogP contribution in [-0.2, 0) is 0 Å². The first kappa shape index (κ1) is 14.8. The molecular formula is C18H34N2. The Morgan fingerprint density at radius 1 is 1.00 bits per heavy atom. The first-order chi connectivity index (χ1) is 9.47. The Bertz CT molecular complexity index is 326. The maximum Gasteiger partial charge on any atom is 0.0128 e. The maximum absolute atomic E-state index is 3.80. The van der Waals surface area contributed by atoms with Gasteiger partial charge in [0.05, 0.1) is 0 Å². The van der Waals surface area contributed by atoms with Crippen LogP contribution in [0.25, 0.3) is 0 Å². The Kier molecular flexibility index (Phi) is 4.16. The van der Waals surface area contributed by atoms with Crippen molar-refractivity contribution in [1.29, 1.82) is 0 Å². The molecule has 0 aromatic rings. The molecule has 3 aliphatic rings. The number of rotatable bonds is 3. The second-order valence-electron chi connectivity index (χ2n) is 8.66. The molecule has 1 N–H and O–H groups in total. The number of piperidine rings is 1. The van der Waals surface area contributed by atoms with E-state index in [0.717, 1.165) is 30.1 Å². The average Bonchev–Trinajstić information content (AvgIpc) is 2.67. The molecule has 2 nitrogen and oxygen atoms in total. The van der Waals surface area contributed by atoms with Crippen molar-refractivity contribution in [2.75, 3.05) is 6.54 Å². The molecule has 2 bridgehead atoms. The summed E-state index contributed by atoms with van der Waals surface area (Å²) < 4.78 is 0. The van der Waals surface area contributed by atoms with Gasteiger partial charge in [0.15, 0.2) is 0 Å². The van der Waals surface area contributed by atoms with E-state index in [4.69, 9.17) is 0 Å². The Hall–Kier alpha value is -0.0800. The third-order valence-electron chi connectivity index (χ3n) is 6.12. The molecule has 3 fully saturated rings. The van der Waals surface area contributed by atoms with Crippen LogP contribution in [0.1, 0.15) is 72.6 Å². The first-order valence-electron chi connectivity index (χ1n) is 8.98. The van der Waals surface area contributed by atoms with Crippen LogP contribution in [0, 0.1) is 11.3 Å². The van der Waals surface area contributed by atoms with Gasteiger partial charge in [-0.05, 0) is 62.8 Å². The molecule has 0 aromatic carbocycles. The van der Waals surface area contributed by atoms with Gasteiger partial charge in [-0.15, -0.1) is 0 Å². The van der Waals surface area contributed by atoms with Crippen LogP contribution in [0.4, 0.5) is 0 Å². The van der Waals surface area contributed by atoms with Crippen molar-refractivity contribution in [3.8, 4) is 0 Å². The topological polar surface area (TPSA) is 15.3 Å². The standard InChI is InChI=1S/C18H34N2/c1-5-20(16-9-14-6-7-15(10-16)19-14)17-8-13(2)11-18(3,4)12-17/h13-17,19H,5-12H2,1-4H3. The molecule has 0 amide bonds. The third kappa shape index (κ3) is 3.06. The van der Waals surface area contributed by atoms with Gasteiger partial charge < -0.3 is 5.32 Å². The lowest BCUT2D eigenvalue weighted by atomic mass is 9.70. The summed E-state index contributed by atoms with van der Waals surface area (Å²) in [4.78, 5) is 2.89. The summed E-state index contributed by atoms with van der Waals surface area (Å²) in [5.41, 5.74) is 0.543. The summed E-state index contributed by atoms with van der Waals surface area (Å²) in [7, 11) is 0. The SMILES string of the molecule is CCN(C1CC2CCC(C1)N2)C1CC(C)CC(C)(C)C1. The van der Waals surface area contributed by atoms with Gasteiger partial charge in [0.2, 0.25) is 0 Å². The van der Waals surface area contributed by atoms with E-state index >= 15 is 0 Å². The lowest BCUT2D eigenvalue weighted by Gasteiger charge is -2.48. The second kappa shape index (κ2) is 5.61. The lowest BCUT2D eigenvalue weighted by Crippen LogP contribution is -2.53. The zero-order chi connectivity index (χ0) is 14.3. The minimum atomic E-state index is 0.543. The number of hydrogen-bond donors (Lipinski definition) is 1. The molecule has 20 heavy (non-hydrogen) atoms. The molecule has 1 saturated carbocycles. The van der Waals surface area contributed by atoms with E-state index in [1.165, 1.54) is 51.5 Å². The molecule has 0 radical (unpaired) electrons. The fourth-order valence-electron chi connectivity index (χ4n) is 5.66. The summed E-state index contributed by atoms with van der Waals surface area (Å²) in [6, 6.07) is 3.33. The molecule has 2 heterocycles. The van der Waals surface area contributed by atoms with Crippen LogP contribution in [0.15, 0.2) is 0 Å². The molecule has 1 aliphatic carbocycles. The Balaban J connectivity index is 1.69. The van der Waals surface area contributed by atoms with Crippen LogP contribution in [-0.4, -0.2) is 35.6 Å². The Labute approximate surface area is 125 Å². The van der Waals surface area contributed by atoms with E-state index in [-0.39, 0.29) is 0 Å². The summed E-state index contributed by atoms with van der Waals surface area (Å²) in [6.07, 6.45) is 9.89. The first-order valence-corrected chi connectivity index (χ1v) is 8.98. The highest BCUT2D eigenvalue weighted by Gasteiger charge is 2.40. The maximum atomic E-state index is 3.80. The predicted molar refractivity (Wildman–Crippen MR) is 85.9 cm³/mol. The van der Waals surface area contributed by atoms with Gasteiger partial charge in [-0.2, -0.15) is 0 Å². The summed E-state index contributed by atoms with van der Waals surface area (Å²) in [6.45, 7) is 11.1. The van der Waals surface area contributed by atoms with Crippen molar-refractivity contribution in [3.63, 3.8) is 0 Å². The monoisotopic (exact) mass is 278 g/mol. The third-order valence-corrected chi connectivity index (χ3v) is 6.12. The summed E-state index contributed by atoms with van der Waals surface area (Å²) >= 11 is 0. The molecule has 2 aliphatic heterocycles. The fourth-order valence-corrected chi connectivity index (χ4v) is 5.66. The highest BCUT2D eigenvalue weighted by molar-refractivity contribution is 4.98. The molecule has 116 valence electrons. The van der Waals surface area contributed by atoms with Crippen molar-refractivity contribution in [1.82, 2.24) is 10.2 Å². The molecule has 0 aromatic heterocycles. The second-order valence-corrected chi connectivity index (χ2v) is 8.66. The van der Waals surface area contributed by atoms with Gasteiger partial charge in [0.1, 0.15) is 0 Å². The molecule has 2 saturated heterocycles. The molecule has 0 spiro atoms. The highest BCUT2D eigenvalue weighted by atomic mass is 15.2. The van der Waals surface area contributed by atoms with Crippen LogP contribution in [0.5, 0.6) is 0 Å². The van der Waals surface area contributed by atoms with E-state index in [2.05, 4.69) is 37.9 Å². The zero-order valence-corrected chi connectivity index (χ0v) is 14.0. The van der Waals surface area contributed by atoms with Gasteiger partial charge in [-0.3, -0.25) is 4.90 Å².